The average Bonchev–Trinajstić information content (AvgIpc) is 2.48. The minimum atomic E-state index is 0.570. The molecule has 1 rings (SSSR count). The van der Waals surface area contributed by atoms with Gasteiger partial charge in [-0.15, -0.1) is 0 Å². The third-order valence-electron chi connectivity index (χ3n) is 3.42. The molecule has 1 aromatic rings. The zero-order valence-corrected chi connectivity index (χ0v) is 14.2. The van der Waals surface area contributed by atoms with Crippen molar-refractivity contribution < 1.29 is 0 Å². The van der Waals surface area contributed by atoms with Gasteiger partial charge < -0.3 is 10.6 Å². The van der Waals surface area contributed by atoms with Gasteiger partial charge in [0.05, 0.1) is 0 Å². The summed E-state index contributed by atoms with van der Waals surface area (Å²) >= 11 is 5.88. The summed E-state index contributed by atoms with van der Waals surface area (Å²) in [6.07, 6.45) is 0. The molecule has 0 amide bonds. The number of likely N-dealkylation sites (N-methyl/N-ethyl adjacent to an activating group) is 1. The van der Waals surface area contributed by atoms with Crippen molar-refractivity contribution in [1.82, 2.24) is 15.5 Å². The number of hydrogen-bond acceptors (Lipinski definition) is 2. The summed E-state index contributed by atoms with van der Waals surface area (Å²) in [5, 5.41) is 7.40. The van der Waals surface area contributed by atoms with Crippen LogP contribution in [0.5, 0.6) is 0 Å². The maximum absolute atomic E-state index is 5.88. The van der Waals surface area contributed by atoms with Gasteiger partial charge in [-0.1, -0.05) is 30.7 Å². The molecule has 0 saturated heterocycles. The molecule has 0 fully saturated rings. The van der Waals surface area contributed by atoms with Crippen LogP contribution < -0.4 is 10.6 Å². The highest BCUT2D eigenvalue weighted by Gasteiger charge is 2.06. The summed E-state index contributed by atoms with van der Waals surface area (Å²) in [5.74, 6) is 0.824. The lowest BCUT2D eigenvalue weighted by molar-refractivity contribution is 0.237. The van der Waals surface area contributed by atoms with E-state index in [1.54, 1.807) is 7.05 Å². The van der Waals surface area contributed by atoms with Crippen molar-refractivity contribution in [1.29, 1.82) is 0 Å². The molecule has 118 valence electrons. The van der Waals surface area contributed by atoms with E-state index in [0.717, 1.165) is 37.2 Å². The lowest BCUT2D eigenvalue weighted by atomic mass is 10.2. The summed E-state index contributed by atoms with van der Waals surface area (Å²) in [5.41, 5.74) is 1.18. The second kappa shape index (κ2) is 9.64. The van der Waals surface area contributed by atoms with Gasteiger partial charge in [-0.3, -0.25) is 9.89 Å². The van der Waals surface area contributed by atoms with E-state index in [9.17, 15) is 0 Å². The third kappa shape index (κ3) is 6.82. The van der Waals surface area contributed by atoms with Gasteiger partial charge in [0.15, 0.2) is 5.96 Å². The minimum absolute atomic E-state index is 0.570. The highest BCUT2D eigenvalue weighted by molar-refractivity contribution is 6.30. The summed E-state index contributed by atoms with van der Waals surface area (Å²) in [6, 6.07) is 8.40. The Bertz CT molecular complexity index is 428. The fraction of sp³-hybridized carbons (Fsp3) is 0.562. The predicted molar refractivity (Wildman–Crippen MR) is 92.0 cm³/mol. The van der Waals surface area contributed by atoms with Crippen LogP contribution in [0.3, 0.4) is 0 Å². The quantitative estimate of drug-likeness (QED) is 0.601. The molecule has 2 N–H and O–H groups in total. The molecule has 4 nitrogen and oxygen atoms in total. The molecule has 0 aromatic heterocycles. The first kappa shape index (κ1) is 17.8. The molecule has 0 bridgehead atoms. The monoisotopic (exact) mass is 310 g/mol. The number of nitrogens with one attached hydrogen (secondary N) is 2. The molecule has 1 aromatic carbocycles. The fourth-order valence-corrected chi connectivity index (χ4v) is 2.23. The van der Waals surface area contributed by atoms with Crippen molar-refractivity contribution in [2.45, 2.75) is 33.4 Å². The molecular weight excluding hydrogens is 284 g/mol. The highest BCUT2D eigenvalue weighted by Crippen LogP contribution is 2.08. The van der Waals surface area contributed by atoms with E-state index in [1.807, 2.05) is 24.3 Å². The zero-order valence-electron chi connectivity index (χ0n) is 13.5. The number of guanidine groups is 1. The largest absolute Gasteiger partial charge is 0.355 e. The van der Waals surface area contributed by atoms with E-state index in [1.165, 1.54) is 5.56 Å². The summed E-state index contributed by atoms with van der Waals surface area (Å²) in [6.45, 7) is 10.3. The maximum atomic E-state index is 5.88. The Kier molecular flexibility index (Phi) is 8.16. The van der Waals surface area contributed by atoms with Crippen LogP contribution in [0.15, 0.2) is 29.3 Å². The summed E-state index contributed by atoms with van der Waals surface area (Å²) in [7, 11) is 1.79. The van der Waals surface area contributed by atoms with Crippen LogP contribution in [-0.4, -0.2) is 43.6 Å². The van der Waals surface area contributed by atoms with Gasteiger partial charge in [0.1, 0.15) is 0 Å². The van der Waals surface area contributed by atoms with Crippen LogP contribution >= 0.6 is 11.6 Å². The van der Waals surface area contributed by atoms with Gasteiger partial charge in [0, 0.05) is 37.7 Å². The second-order valence-corrected chi connectivity index (χ2v) is 5.64. The average molecular weight is 311 g/mol. The fourth-order valence-electron chi connectivity index (χ4n) is 2.11. The number of halogens is 1. The molecule has 21 heavy (non-hydrogen) atoms. The Morgan fingerprint density at radius 2 is 1.90 bits per heavy atom. The molecule has 0 unspecified atom stereocenters. The van der Waals surface area contributed by atoms with Crippen LogP contribution in [0.2, 0.25) is 5.02 Å². The number of aliphatic imine (C=N–C) groups is 1. The molecule has 0 atom stereocenters. The Labute approximate surface area is 133 Å². The number of nitrogens with zero attached hydrogens (tertiary/aromatic N) is 2. The molecule has 0 aliphatic heterocycles. The lowest BCUT2D eigenvalue weighted by Gasteiger charge is -2.25. The van der Waals surface area contributed by atoms with Crippen LogP contribution in [0.4, 0.5) is 0 Å². The Hall–Kier alpha value is -1.26. The SMILES string of the molecule is CCN(CCNC(=NC)NCc1ccc(Cl)cc1)C(C)C. The predicted octanol–water partition coefficient (Wildman–Crippen LogP) is 2.74. The first-order valence-electron chi connectivity index (χ1n) is 7.49. The van der Waals surface area contributed by atoms with Gasteiger partial charge in [-0.2, -0.15) is 0 Å². The smallest absolute Gasteiger partial charge is 0.191 e. The van der Waals surface area contributed by atoms with E-state index in [2.05, 4.69) is 41.3 Å². The normalized spacial score (nSPS) is 12.0. The molecule has 0 spiro atoms. The Balaban J connectivity index is 2.34. The van der Waals surface area contributed by atoms with E-state index in [0.29, 0.717) is 6.04 Å². The molecule has 0 saturated carbocycles. The molecule has 0 aliphatic rings. The zero-order chi connectivity index (χ0) is 15.7. The Morgan fingerprint density at radius 1 is 1.24 bits per heavy atom. The van der Waals surface area contributed by atoms with Crippen molar-refractivity contribution in [3.8, 4) is 0 Å². The van der Waals surface area contributed by atoms with Gasteiger partial charge in [0.2, 0.25) is 0 Å². The van der Waals surface area contributed by atoms with Crippen LogP contribution in [0.1, 0.15) is 26.3 Å². The van der Waals surface area contributed by atoms with Crippen molar-refractivity contribution in [3.63, 3.8) is 0 Å². The van der Waals surface area contributed by atoms with Crippen molar-refractivity contribution in [2.24, 2.45) is 4.99 Å². The molecule has 0 heterocycles. The van der Waals surface area contributed by atoms with Gasteiger partial charge in [0.25, 0.3) is 0 Å². The first-order valence-corrected chi connectivity index (χ1v) is 7.87. The molecule has 0 aliphatic carbocycles. The standard InChI is InChI=1S/C16H27ClN4/c1-5-21(13(2)3)11-10-19-16(18-4)20-12-14-6-8-15(17)9-7-14/h6-9,13H,5,10-12H2,1-4H3,(H2,18,19,20). The van der Waals surface area contributed by atoms with Crippen molar-refractivity contribution in [3.05, 3.63) is 34.9 Å². The lowest BCUT2D eigenvalue weighted by Crippen LogP contribution is -2.42. The van der Waals surface area contributed by atoms with Crippen molar-refractivity contribution >= 4 is 17.6 Å². The van der Waals surface area contributed by atoms with E-state index in [-0.39, 0.29) is 0 Å². The van der Waals surface area contributed by atoms with Crippen molar-refractivity contribution in [2.75, 3.05) is 26.7 Å². The van der Waals surface area contributed by atoms with E-state index in [4.69, 9.17) is 11.6 Å². The Morgan fingerprint density at radius 3 is 2.43 bits per heavy atom. The third-order valence-corrected chi connectivity index (χ3v) is 3.68. The highest BCUT2D eigenvalue weighted by atomic mass is 35.5. The summed E-state index contributed by atoms with van der Waals surface area (Å²) < 4.78 is 0. The maximum Gasteiger partial charge on any atom is 0.191 e. The van der Waals surface area contributed by atoms with E-state index < -0.39 is 0 Å². The van der Waals surface area contributed by atoms with Gasteiger partial charge >= 0.3 is 0 Å². The van der Waals surface area contributed by atoms with E-state index >= 15 is 0 Å². The molecular formula is C16H27ClN4. The van der Waals surface area contributed by atoms with Gasteiger partial charge in [-0.25, -0.2) is 0 Å². The number of hydrogen-bond donors (Lipinski definition) is 2. The first-order chi connectivity index (χ1) is 10.1. The molecule has 0 radical (unpaired) electrons. The topological polar surface area (TPSA) is 39.7 Å². The summed E-state index contributed by atoms with van der Waals surface area (Å²) in [4.78, 5) is 6.65. The van der Waals surface area contributed by atoms with Crippen LogP contribution in [0.25, 0.3) is 0 Å². The van der Waals surface area contributed by atoms with Crippen LogP contribution in [-0.2, 0) is 6.54 Å². The second-order valence-electron chi connectivity index (χ2n) is 5.20. The number of benzene rings is 1. The van der Waals surface area contributed by atoms with Gasteiger partial charge in [-0.05, 0) is 38.1 Å². The van der Waals surface area contributed by atoms with Crippen LogP contribution in [0, 0.1) is 0 Å². The number of rotatable bonds is 7. The minimum Gasteiger partial charge on any atom is -0.355 e. The molecule has 5 heteroatoms.